The number of carbonyl (C=O) groups is 1. The Kier molecular flexibility index (Phi) is 5.13. The van der Waals surface area contributed by atoms with Crippen molar-refractivity contribution in [3.05, 3.63) is 54.0 Å². The zero-order valence-electron chi connectivity index (χ0n) is 18.9. The van der Waals surface area contributed by atoms with Gasteiger partial charge in [-0.05, 0) is 37.6 Å². The molecule has 1 atom stereocenters. The maximum atomic E-state index is 13.0. The van der Waals surface area contributed by atoms with Gasteiger partial charge in [-0.1, -0.05) is 0 Å². The molecule has 0 bridgehead atoms. The Morgan fingerprint density at radius 2 is 2.15 bits per heavy atom. The zero-order chi connectivity index (χ0) is 23.2. The summed E-state index contributed by atoms with van der Waals surface area (Å²) in [6.45, 7) is 3.00. The number of nitrogens with zero attached hydrogens (tertiary/aromatic N) is 5. The predicted octanol–water partition coefficient (Wildman–Crippen LogP) is 2.47. The Hall–Kier alpha value is -3.72. The van der Waals surface area contributed by atoms with Gasteiger partial charge in [0, 0.05) is 61.2 Å². The molecule has 2 aromatic heterocycles. The van der Waals surface area contributed by atoms with Crippen molar-refractivity contribution in [2.75, 3.05) is 25.1 Å². The highest BCUT2D eigenvalue weighted by Crippen LogP contribution is 2.42. The predicted molar refractivity (Wildman–Crippen MR) is 125 cm³/mol. The van der Waals surface area contributed by atoms with Gasteiger partial charge in [-0.2, -0.15) is 5.10 Å². The van der Waals surface area contributed by atoms with Crippen molar-refractivity contribution < 1.29 is 14.6 Å². The number of aryl methyl sites for hydroxylation is 1. The average Bonchev–Trinajstić information content (AvgIpc) is 3.51. The van der Waals surface area contributed by atoms with E-state index < -0.39 is 5.60 Å². The molecule has 33 heavy (non-hydrogen) atoms. The fourth-order valence-corrected chi connectivity index (χ4v) is 4.39. The van der Waals surface area contributed by atoms with Crippen LogP contribution in [0.4, 0.5) is 11.5 Å². The van der Waals surface area contributed by atoms with E-state index in [1.54, 1.807) is 36.3 Å². The number of aliphatic imine (C=N–C) groups is 1. The van der Waals surface area contributed by atoms with Gasteiger partial charge in [-0.3, -0.25) is 9.48 Å². The van der Waals surface area contributed by atoms with Crippen LogP contribution in [0.2, 0.25) is 0 Å². The molecule has 5 rings (SSSR count). The van der Waals surface area contributed by atoms with Gasteiger partial charge in [0.05, 0.1) is 24.6 Å². The minimum Gasteiger partial charge on any atom is -0.496 e. The third kappa shape index (κ3) is 4.07. The molecule has 9 heteroatoms. The first-order chi connectivity index (χ1) is 15.8. The second-order valence-electron chi connectivity index (χ2n) is 8.81. The van der Waals surface area contributed by atoms with E-state index in [9.17, 15) is 9.90 Å². The standard InChI is InChI=1S/C24H26N6O3/c1-24(32)7-9-30(14-24)21-10-15(6-8-25-21)23(31)28-20-11-18-19(33-3)5-4-17(22(18)27-20)16-12-26-29(2)13-16/h4-6,8,10,12-13,32H,7,9,11,14H2,1-3H3,(H,27,28,31)/t24-/m1/s1. The highest BCUT2D eigenvalue weighted by atomic mass is 16.5. The Balaban J connectivity index is 1.38. The zero-order valence-corrected chi connectivity index (χ0v) is 18.9. The Labute approximate surface area is 191 Å². The lowest BCUT2D eigenvalue weighted by Crippen LogP contribution is -2.32. The molecule has 1 saturated heterocycles. The quantitative estimate of drug-likeness (QED) is 0.638. The van der Waals surface area contributed by atoms with Crippen LogP contribution in [0.5, 0.6) is 5.75 Å². The number of fused-ring (bicyclic) bond motifs is 1. The SMILES string of the molecule is COc1ccc(-c2cnn(C)c2)c2c1CC(NC(=O)c1ccnc(N3CC[C@@](C)(O)C3)c1)=N2. The minimum absolute atomic E-state index is 0.252. The topological polar surface area (TPSA) is 105 Å². The van der Waals surface area contributed by atoms with Gasteiger partial charge in [-0.15, -0.1) is 0 Å². The van der Waals surface area contributed by atoms with Crippen LogP contribution in [0.3, 0.4) is 0 Å². The molecule has 2 aliphatic heterocycles. The Morgan fingerprint density at radius 1 is 1.30 bits per heavy atom. The van der Waals surface area contributed by atoms with Gasteiger partial charge in [0.15, 0.2) is 0 Å². The number of benzene rings is 1. The molecule has 0 unspecified atom stereocenters. The highest BCUT2D eigenvalue weighted by molar-refractivity contribution is 6.10. The third-order valence-electron chi connectivity index (χ3n) is 6.11. The van der Waals surface area contributed by atoms with Crippen molar-refractivity contribution in [1.82, 2.24) is 20.1 Å². The number of aromatic nitrogens is 3. The normalized spacial score (nSPS) is 19.4. The summed E-state index contributed by atoms with van der Waals surface area (Å²) in [5, 5.41) is 17.5. The summed E-state index contributed by atoms with van der Waals surface area (Å²) in [5.41, 5.74) is 3.36. The molecule has 2 aliphatic rings. The van der Waals surface area contributed by atoms with E-state index in [2.05, 4.69) is 15.4 Å². The van der Waals surface area contributed by atoms with Crippen LogP contribution < -0.4 is 15.0 Å². The first-order valence-electron chi connectivity index (χ1n) is 10.8. The van der Waals surface area contributed by atoms with Crippen molar-refractivity contribution >= 4 is 23.2 Å². The number of amidine groups is 1. The molecule has 1 aromatic carbocycles. The van der Waals surface area contributed by atoms with Gasteiger partial charge in [0.1, 0.15) is 17.4 Å². The number of β-amino-alcohol motifs (C(OH)–C–C–N with tert-alkyl or cyclic N) is 1. The van der Waals surface area contributed by atoms with E-state index in [4.69, 9.17) is 9.73 Å². The number of anilines is 1. The Morgan fingerprint density at radius 3 is 2.85 bits per heavy atom. The lowest BCUT2D eigenvalue weighted by atomic mass is 10.0. The van der Waals surface area contributed by atoms with Crippen LogP contribution in [0.25, 0.3) is 11.1 Å². The van der Waals surface area contributed by atoms with Crippen LogP contribution in [-0.2, 0) is 13.5 Å². The molecule has 170 valence electrons. The molecule has 4 heterocycles. The van der Waals surface area contributed by atoms with Crippen LogP contribution in [-0.4, -0.2) is 57.4 Å². The van der Waals surface area contributed by atoms with Gasteiger partial charge in [-0.25, -0.2) is 9.98 Å². The third-order valence-corrected chi connectivity index (χ3v) is 6.11. The smallest absolute Gasteiger partial charge is 0.256 e. The van der Waals surface area contributed by atoms with E-state index in [-0.39, 0.29) is 5.91 Å². The average molecular weight is 447 g/mol. The first-order valence-corrected chi connectivity index (χ1v) is 10.8. The molecule has 1 amide bonds. The van der Waals surface area contributed by atoms with Crippen molar-refractivity contribution in [2.45, 2.75) is 25.4 Å². The van der Waals surface area contributed by atoms with Crippen molar-refractivity contribution in [1.29, 1.82) is 0 Å². The maximum Gasteiger partial charge on any atom is 0.256 e. The fraction of sp³-hybridized carbons (Fsp3) is 0.333. The number of ether oxygens (including phenoxy) is 1. The first kappa shape index (κ1) is 21.1. The van der Waals surface area contributed by atoms with Crippen molar-refractivity contribution in [3.8, 4) is 16.9 Å². The minimum atomic E-state index is -0.741. The van der Waals surface area contributed by atoms with Crippen LogP contribution in [0.1, 0.15) is 29.3 Å². The number of aliphatic hydroxyl groups is 1. The number of hydrogen-bond acceptors (Lipinski definition) is 7. The fourth-order valence-electron chi connectivity index (χ4n) is 4.39. The number of pyridine rings is 1. The number of hydrogen-bond donors (Lipinski definition) is 2. The number of nitrogens with one attached hydrogen (secondary N) is 1. The van der Waals surface area contributed by atoms with Gasteiger partial charge < -0.3 is 20.1 Å². The molecule has 0 saturated carbocycles. The molecule has 0 aliphatic carbocycles. The van der Waals surface area contributed by atoms with E-state index in [0.717, 1.165) is 28.1 Å². The monoisotopic (exact) mass is 446 g/mol. The van der Waals surface area contributed by atoms with Gasteiger partial charge >= 0.3 is 0 Å². The molecule has 1 fully saturated rings. The summed E-state index contributed by atoms with van der Waals surface area (Å²) >= 11 is 0. The van der Waals surface area contributed by atoms with Gasteiger partial charge in [0.25, 0.3) is 5.91 Å². The number of methoxy groups -OCH3 is 1. The molecule has 9 nitrogen and oxygen atoms in total. The lowest BCUT2D eigenvalue weighted by Gasteiger charge is -2.20. The van der Waals surface area contributed by atoms with E-state index in [0.29, 0.717) is 43.1 Å². The summed E-state index contributed by atoms with van der Waals surface area (Å²) in [4.78, 5) is 24.1. The van der Waals surface area contributed by atoms with E-state index in [1.807, 2.05) is 37.2 Å². The van der Waals surface area contributed by atoms with Crippen molar-refractivity contribution in [2.24, 2.45) is 12.0 Å². The molecular formula is C24H26N6O3. The molecule has 3 aromatic rings. The largest absolute Gasteiger partial charge is 0.496 e. The van der Waals surface area contributed by atoms with Crippen LogP contribution in [0, 0.1) is 0 Å². The second kappa shape index (κ2) is 8.00. The summed E-state index contributed by atoms with van der Waals surface area (Å²) in [6, 6.07) is 7.31. The Bertz CT molecular complexity index is 1260. The van der Waals surface area contributed by atoms with Crippen molar-refractivity contribution in [3.63, 3.8) is 0 Å². The molecule has 0 radical (unpaired) electrons. The summed E-state index contributed by atoms with van der Waals surface area (Å²) < 4.78 is 7.28. The molecule has 0 spiro atoms. The van der Waals surface area contributed by atoms with E-state index in [1.165, 1.54) is 0 Å². The molecular weight excluding hydrogens is 420 g/mol. The van der Waals surface area contributed by atoms with Crippen LogP contribution >= 0.6 is 0 Å². The van der Waals surface area contributed by atoms with E-state index >= 15 is 0 Å². The van der Waals surface area contributed by atoms with Gasteiger partial charge in [0.2, 0.25) is 0 Å². The number of amides is 1. The highest BCUT2D eigenvalue weighted by Gasteiger charge is 2.32. The summed E-state index contributed by atoms with van der Waals surface area (Å²) in [5.74, 6) is 1.72. The number of rotatable bonds is 4. The molecule has 2 N–H and O–H groups in total. The lowest BCUT2D eigenvalue weighted by molar-refractivity contribution is 0.0839. The van der Waals surface area contributed by atoms with Crippen LogP contribution in [0.15, 0.2) is 47.8 Å². The summed E-state index contributed by atoms with van der Waals surface area (Å²) in [7, 11) is 3.50. The number of carbonyl (C=O) groups excluding carboxylic acids is 1. The second-order valence-corrected chi connectivity index (χ2v) is 8.81. The maximum absolute atomic E-state index is 13.0. The summed E-state index contributed by atoms with van der Waals surface area (Å²) in [6.07, 6.45) is 6.48.